The van der Waals surface area contributed by atoms with Gasteiger partial charge in [-0.2, -0.15) is 0 Å². The first-order valence-electron chi connectivity index (χ1n) is 4.92. The van der Waals surface area contributed by atoms with Crippen LogP contribution in [0.25, 0.3) is 5.76 Å². The molecule has 0 saturated carbocycles. The quantitative estimate of drug-likeness (QED) is 0.734. The predicted octanol–water partition coefficient (Wildman–Crippen LogP) is 1.91. The molecule has 2 rings (SSSR count). The molecule has 4 heteroatoms. The Morgan fingerprint density at radius 2 is 2.12 bits per heavy atom. The fourth-order valence-electron chi connectivity index (χ4n) is 1.72. The molecule has 0 radical (unpaired) electrons. The van der Waals surface area contributed by atoms with Crippen molar-refractivity contribution in [3.63, 3.8) is 0 Å². The van der Waals surface area contributed by atoms with Crippen LogP contribution >= 0.6 is 0 Å². The van der Waals surface area contributed by atoms with Crippen LogP contribution in [-0.4, -0.2) is 24.3 Å². The summed E-state index contributed by atoms with van der Waals surface area (Å²) in [5.41, 5.74) is 0.669. The van der Waals surface area contributed by atoms with Gasteiger partial charge >= 0.3 is 5.97 Å². The second-order valence-corrected chi connectivity index (χ2v) is 3.51. The molecule has 0 saturated heterocycles. The van der Waals surface area contributed by atoms with Crippen molar-refractivity contribution in [2.45, 2.75) is 13.0 Å². The van der Waals surface area contributed by atoms with E-state index in [0.29, 0.717) is 11.3 Å². The van der Waals surface area contributed by atoms with Gasteiger partial charge in [0.2, 0.25) is 0 Å². The van der Waals surface area contributed by atoms with Crippen LogP contribution in [0.5, 0.6) is 5.75 Å². The monoisotopic (exact) mass is 220 g/mol. The number of carbonyl (C=O) groups is 1. The fraction of sp³-hybridized carbons (Fsp3) is 0.250. The summed E-state index contributed by atoms with van der Waals surface area (Å²) in [6.07, 6.45) is -0.512. The molecular weight excluding hydrogens is 208 g/mol. The number of aliphatic hydroxyl groups is 1. The molecule has 0 aliphatic carbocycles. The third kappa shape index (κ3) is 1.52. The van der Waals surface area contributed by atoms with E-state index in [-0.39, 0.29) is 11.3 Å². The molecule has 0 fully saturated rings. The van der Waals surface area contributed by atoms with Crippen molar-refractivity contribution < 1.29 is 19.4 Å². The van der Waals surface area contributed by atoms with Crippen LogP contribution in [0.15, 0.2) is 29.8 Å². The second-order valence-electron chi connectivity index (χ2n) is 3.51. The van der Waals surface area contributed by atoms with Crippen molar-refractivity contribution in [1.82, 2.24) is 0 Å². The largest absolute Gasteiger partial charge is 0.506 e. The number of methoxy groups -OCH3 is 1. The lowest BCUT2D eigenvalue weighted by atomic mass is 10.0. The molecule has 84 valence electrons. The molecule has 0 bridgehead atoms. The third-order valence-corrected chi connectivity index (χ3v) is 2.51. The van der Waals surface area contributed by atoms with Gasteiger partial charge in [0.15, 0.2) is 0 Å². The number of para-hydroxylation sites is 1. The van der Waals surface area contributed by atoms with E-state index in [2.05, 4.69) is 4.74 Å². The van der Waals surface area contributed by atoms with Crippen LogP contribution in [0.3, 0.4) is 0 Å². The van der Waals surface area contributed by atoms with Gasteiger partial charge in [0.05, 0.1) is 12.7 Å². The number of ether oxygens (including phenoxy) is 2. The zero-order valence-electron chi connectivity index (χ0n) is 9.06. The Hall–Kier alpha value is -1.97. The molecule has 1 aromatic carbocycles. The van der Waals surface area contributed by atoms with E-state index in [1.165, 1.54) is 7.11 Å². The second kappa shape index (κ2) is 3.89. The number of aliphatic hydroxyl groups excluding tert-OH is 1. The average Bonchev–Trinajstić information content (AvgIpc) is 2.28. The van der Waals surface area contributed by atoms with Gasteiger partial charge in [0, 0.05) is 0 Å². The molecule has 4 nitrogen and oxygen atoms in total. The lowest BCUT2D eigenvalue weighted by Crippen LogP contribution is -2.27. The van der Waals surface area contributed by atoms with Crippen molar-refractivity contribution in [3.8, 4) is 5.75 Å². The van der Waals surface area contributed by atoms with Crippen LogP contribution in [0.4, 0.5) is 0 Å². The Kier molecular flexibility index (Phi) is 2.56. The molecule has 1 aliphatic heterocycles. The summed E-state index contributed by atoms with van der Waals surface area (Å²) in [5.74, 6) is -0.0687. The van der Waals surface area contributed by atoms with Gasteiger partial charge in [0.1, 0.15) is 23.2 Å². The summed E-state index contributed by atoms with van der Waals surface area (Å²) in [7, 11) is 1.27. The number of hydrogen-bond acceptors (Lipinski definition) is 4. The highest BCUT2D eigenvalue weighted by Gasteiger charge is 2.30. The molecule has 0 amide bonds. The SMILES string of the molecule is COC(=O)C1=C(O)c2ccccc2OC1C. The van der Waals surface area contributed by atoms with Crippen LogP contribution < -0.4 is 4.74 Å². The minimum Gasteiger partial charge on any atom is -0.506 e. The van der Waals surface area contributed by atoms with E-state index in [4.69, 9.17) is 4.74 Å². The van der Waals surface area contributed by atoms with Gasteiger partial charge in [0.25, 0.3) is 0 Å². The molecule has 1 unspecified atom stereocenters. The van der Waals surface area contributed by atoms with Gasteiger partial charge in [-0.1, -0.05) is 12.1 Å². The topological polar surface area (TPSA) is 55.8 Å². The van der Waals surface area contributed by atoms with Crippen LogP contribution in [0.2, 0.25) is 0 Å². The van der Waals surface area contributed by atoms with Crippen molar-refractivity contribution in [3.05, 3.63) is 35.4 Å². The fourth-order valence-corrected chi connectivity index (χ4v) is 1.72. The first-order chi connectivity index (χ1) is 7.65. The Balaban J connectivity index is 2.56. The number of fused-ring (bicyclic) bond motifs is 1. The highest BCUT2D eigenvalue weighted by Crippen LogP contribution is 2.34. The molecule has 0 aromatic heterocycles. The molecule has 16 heavy (non-hydrogen) atoms. The van der Waals surface area contributed by atoms with E-state index in [9.17, 15) is 9.90 Å². The van der Waals surface area contributed by atoms with Crippen molar-refractivity contribution in [2.24, 2.45) is 0 Å². The molecule has 1 aliphatic rings. The van der Waals surface area contributed by atoms with Crippen molar-refractivity contribution in [2.75, 3.05) is 7.11 Å². The average molecular weight is 220 g/mol. The first kappa shape index (κ1) is 10.5. The summed E-state index contributed by atoms with van der Waals surface area (Å²) >= 11 is 0. The predicted molar refractivity (Wildman–Crippen MR) is 58.1 cm³/mol. The minimum atomic E-state index is -0.570. The number of esters is 1. The highest BCUT2D eigenvalue weighted by molar-refractivity contribution is 5.98. The lowest BCUT2D eigenvalue weighted by Gasteiger charge is -2.24. The van der Waals surface area contributed by atoms with Crippen LogP contribution in [-0.2, 0) is 9.53 Å². The maximum atomic E-state index is 11.5. The Bertz CT molecular complexity index is 462. The molecule has 1 N–H and O–H groups in total. The van der Waals surface area contributed by atoms with Crippen LogP contribution in [0, 0.1) is 0 Å². The molecular formula is C12H12O4. The van der Waals surface area contributed by atoms with Gasteiger partial charge in [-0.05, 0) is 19.1 Å². The molecule has 1 heterocycles. The van der Waals surface area contributed by atoms with E-state index in [0.717, 1.165) is 0 Å². The highest BCUT2D eigenvalue weighted by atomic mass is 16.5. The van der Waals surface area contributed by atoms with E-state index >= 15 is 0 Å². The zero-order valence-corrected chi connectivity index (χ0v) is 9.06. The minimum absolute atomic E-state index is 0.0683. The van der Waals surface area contributed by atoms with E-state index < -0.39 is 12.1 Å². The maximum absolute atomic E-state index is 11.5. The van der Waals surface area contributed by atoms with Crippen LogP contribution in [0.1, 0.15) is 12.5 Å². The number of rotatable bonds is 1. The molecule has 0 spiro atoms. The number of benzene rings is 1. The Morgan fingerprint density at radius 1 is 1.44 bits per heavy atom. The summed E-state index contributed by atoms with van der Waals surface area (Å²) in [4.78, 5) is 11.5. The van der Waals surface area contributed by atoms with E-state index in [1.807, 2.05) is 6.07 Å². The summed E-state index contributed by atoms with van der Waals surface area (Å²) in [5, 5.41) is 9.99. The number of carbonyl (C=O) groups excluding carboxylic acids is 1. The zero-order chi connectivity index (χ0) is 11.7. The Morgan fingerprint density at radius 3 is 2.81 bits per heavy atom. The summed E-state index contributed by atoms with van der Waals surface area (Å²) in [6.45, 7) is 1.69. The maximum Gasteiger partial charge on any atom is 0.341 e. The first-order valence-corrected chi connectivity index (χ1v) is 4.92. The van der Waals surface area contributed by atoms with E-state index in [1.54, 1.807) is 25.1 Å². The van der Waals surface area contributed by atoms with Gasteiger partial charge in [-0.25, -0.2) is 4.79 Å². The standard InChI is InChI=1S/C12H12O4/c1-7-10(12(14)15-2)11(13)8-5-3-4-6-9(8)16-7/h3-7,13H,1-2H3. The van der Waals surface area contributed by atoms with Crippen molar-refractivity contribution in [1.29, 1.82) is 0 Å². The van der Waals surface area contributed by atoms with Gasteiger partial charge < -0.3 is 14.6 Å². The summed E-state index contributed by atoms with van der Waals surface area (Å²) in [6, 6.07) is 7.01. The van der Waals surface area contributed by atoms with Crippen molar-refractivity contribution >= 4 is 11.7 Å². The smallest absolute Gasteiger partial charge is 0.341 e. The molecule has 1 aromatic rings. The van der Waals surface area contributed by atoms with Gasteiger partial charge in [-0.15, -0.1) is 0 Å². The third-order valence-electron chi connectivity index (χ3n) is 2.51. The Labute approximate surface area is 93.1 Å². The molecule has 1 atom stereocenters. The van der Waals surface area contributed by atoms with Gasteiger partial charge in [-0.3, -0.25) is 0 Å². The number of hydrogen-bond donors (Lipinski definition) is 1. The normalized spacial score (nSPS) is 18.8. The lowest BCUT2D eigenvalue weighted by molar-refractivity contribution is -0.137. The summed E-state index contributed by atoms with van der Waals surface area (Å²) < 4.78 is 10.1.